The van der Waals surface area contributed by atoms with Crippen LogP contribution < -0.4 is 14.4 Å². The van der Waals surface area contributed by atoms with Crippen LogP contribution >= 0.6 is 0 Å². The summed E-state index contributed by atoms with van der Waals surface area (Å²) in [5, 5.41) is 0. The van der Waals surface area contributed by atoms with E-state index in [1.807, 2.05) is 73.7 Å². The minimum absolute atomic E-state index is 0.104. The van der Waals surface area contributed by atoms with Gasteiger partial charge < -0.3 is 19.3 Å². The van der Waals surface area contributed by atoms with Crippen LogP contribution in [0.15, 0.2) is 72.8 Å². The van der Waals surface area contributed by atoms with Crippen LogP contribution in [0, 0.1) is 0 Å². The lowest BCUT2D eigenvalue weighted by Gasteiger charge is -2.41. The lowest BCUT2D eigenvalue weighted by Crippen LogP contribution is -2.46. The molecule has 6 heteroatoms. The van der Waals surface area contributed by atoms with Crippen LogP contribution in [0.3, 0.4) is 0 Å². The molecule has 4 rings (SSSR count). The zero-order valence-corrected chi connectivity index (χ0v) is 19.3. The molecule has 1 aliphatic heterocycles. The Kier molecular flexibility index (Phi) is 6.36. The molecule has 0 bridgehead atoms. The largest absolute Gasteiger partial charge is 0.497 e. The number of rotatable bonds is 6. The van der Waals surface area contributed by atoms with E-state index in [4.69, 9.17) is 9.47 Å². The third kappa shape index (κ3) is 4.04. The Balaban J connectivity index is 1.83. The number of carbonyl (C=O) groups is 2. The lowest BCUT2D eigenvalue weighted by molar-refractivity contribution is -0.121. The monoisotopic (exact) mass is 444 g/mol. The Morgan fingerprint density at radius 2 is 1.67 bits per heavy atom. The van der Waals surface area contributed by atoms with Gasteiger partial charge in [0.05, 0.1) is 31.4 Å². The maximum absolute atomic E-state index is 14.1. The van der Waals surface area contributed by atoms with Crippen molar-refractivity contribution < 1.29 is 19.1 Å². The quantitative estimate of drug-likeness (QED) is 0.555. The molecule has 3 aromatic rings. The van der Waals surface area contributed by atoms with Gasteiger partial charge >= 0.3 is 0 Å². The molecular weight excluding hydrogens is 416 g/mol. The molecule has 1 heterocycles. The SMILES string of the molecule is CCOc1ccccc1N(C)C(=O)C1c2ccccc2C(=O)N(C)C1c1ccc(OC)cc1. The number of amides is 2. The van der Waals surface area contributed by atoms with Gasteiger partial charge in [0, 0.05) is 19.7 Å². The molecule has 33 heavy (non-hydrogen) atoms. The molecule has 0 radical (unpaired) electrons. The van der Waals surface area contributed by atoms with Gasteiger partial charge in [0.25, 0.3) is 5.91 Å². The lowest BCUT2D eigenvalue weighted by atomic mass is 9.79. The number of carbonyl (C=O) groups excluding carboxylic acids is 2. The van der Waals surface area contributed by atoms with Crippen LogP contribution in [0.1, 0.15) is 40.4 Å². The normalized spacial score (nSPS) is 17.3. The van der Waals surface area contributed by atoms with E-state index >= 15 is 0 Å². The van der Waals surface area contributed by atoms with Gasteiger partial charge in [-0.3, -0.25) is 9.59 Å². The van der Waals surface area contributed by atoms with Crippen molar-refractivity contribution in [2.24, 2.45) is 0 Å². The molecule has 0 aromatic heterocycles. The van der Waals surface area contributed by atoms with Gasteiger partial charge in [0.15, 0.2) is 0 Å². The number of benzene rings is 3. The summed E-state index contributed by atoms with van der Waals surface area (Å²) in [4.78, 5) is 30.6. The zero-order valence-electron chi connectivity index (χ0n) is 19.3. The average molecular weight is 445 g/mol. The highest BCUT2D eigenvalue weighted by molar-refractivity contribution is 6.05. The minimum Gasteiger partial charge on any atom is -0.497 e. The van der Waals surface area contributed by atoms with Gasteiger partial charge in [0.2, 0.25) is 5.91 Å². The Morgan fingerprint density at radius 1 is 1.00 bits per heavy atom. The van der Waals surface area contributed by atoms with Gasteiger partial charge in [-0.15, -0.1) is 0 Å². The fourth-order valence-electron chi connectivity index (χ4n) is 4.50. The van der Waals surface area contributed by atoms with Crippen LogP contribution in [-0.2, 0) is 4.79 Å². The Labute approximate surface area is 194 Å². The number of likely N-dealkylation sites (N-methyl/N-ethyl adjacent to an activating group) is 2. The fraction of sp³-hybridized carbons (Fsp3) is 0.259. The van der Waals surface area contributed by atoms with Crippen molar-refractivity contribution in [2.45, 2.75) is 18.9 Å². The van der Waals surface area contributed by atoms with Crippen molar-refractivity contribution in [3.63, 3.8) is 0 Å². The third-order valence-corrected chi connectivity index (χ3v) is 6.16. The summed E-state index contributed by atoms with van der Waals surface area (Å²) in [6, 6.07) is 21.9. The summed E-state index contributed by atoms with van der Waals surface area (Å²) in [7, 11) is 5.12. The third-order valence-electron chi connectivity index (χ3n) is 6.16. The van der Waals surface area contributed by atoms with Crippen molar-refractivity contribution in [2.75, 3.05) is 32.7 Å². The molecule has 0 spiro atoms. The summed E-state index contributed by atoms with van der Waals surface area (Å²) in [5.74, 6) is 0.555. The second-order valence-corrected chi connectivity index (χ2v) is 8.00. The summed E-state index contributed by atoms with van der Waals surface area (Å²) in [6.45, 7) is 2.41. The van der Waals surface area contributed by atoms with Gasteiger partial charge in [-0.2, -0.15) is 0 Å². The molecule has 0 saturated carbocycles. The van der Waals surface area contributed by atoms with E-state index in [0.29, 0.717) is 23.6 Å². The van der Waals surface area contributed by atoms with Crippen LogP contribution in [0.4, 0.5) is 5.69 Å². The van der Waals surface area contributed by atoms with E-state index in [9.17, 15) is 9.59 Å². The number of fused-ring (bicyclic) bond motifs is 1. The number of hydrogen-bond acceptors (Lipinski definition) is 4. The van der Waals surface area contributed by atoms with Gasteiger partial charge in [-0.25, -0.2) is 0 Å². The molecule has 170 valence electrons. The van der Waals surface area contributed by atoms with Crippen molar-refractivity contribution in [1.29, 1.82) is 0 Å². The van der Waals surface area contributed by atoms with Crippen LogP contribution in [-0.4, -0.2) is 44.5 Å². The molecule has 0 aliphatic carbocycles. The average Bonchev–Trinajstić information content (AvgIpc) is 2.86. The summed E-state index contributed by atoms with van der Waals surface area (Å²) in [6.07, 6.45) is 0. The van der Waals surface area contributed by atoms with Crippen molar-refractivity contribution in [3.05, 3.63) is 89.5 Å². The molecule has 2 atom stereocenters. The van der Waals surface area contributed by atoms with E-state index in [2.05, 4.69) is 0 Å². The standard InChI is InChI=1S/C27H28N2O4/c1-5-33-23-13-9-8-12-22(23)28(2)27(31)24-20-10-6-7-11-21(20)26(30)29(3)25(24)18-14-16-19(32-4)17-15-18/h6-17,24-25H,5H2,1-4H3. The molecule has 2 unspecified atom stereocenters. The van der Waals surface area contributed by atoms with E-state index < -0.39 is 12.0 Å². The van der Waals surface area contributed by atoms with Gasteiger partial charge in [-0.1, -0.05) is 42.5 Å². The molecule has 0 saturated heterocycles. The molecule has 3 aromatic carbocycles. The highest BCUT2D eigenvalue weighted by Gasteiger charge is 2.44. The maximum Gasteiger partial charge on any atom is 0.254 e. The number of para-hydroxylation sites is 2. The smallest absolute Gasteiger partial charge is 0.254 e. The predicted octanol–water partition coefficient (Wildman–Crippen LogP) is 4.67. The number of anilines is 1. The molecule has 2 amide bonds. The maximum atomic E-state index is 14.1. The number of ether oxygens (including phenoxy) is 2. The number of hydrogen-bond donors (Lipinski definition) is 0. The van der Waals surface area contributed by atoms with Crippen LogP contribution in [0.5, 0.6) is 11.5 Å². The Morgan fingerprint density at radius 3 is 2.36 bits per heavy atom. The molecule has 0 N–H and O–H groups in total. The number of nitrogens with zero attached hydrogens (tertiary/aromatic N) is 2. The topological polar surface area (TPSA) is 59.1 Å². The first-order valence-corrected chi connectivity index (χ1v) is 11.0. The highest BCUT2D eigenvalue weighted by atomic mass is 16.5. The first-order valence-electron chi connectivity index (χ1n) is 11.0. The van der Waals surface area contributed by atoms with Crippen LogP contribution in [0.25, 0.3) is 0 Å². The molecule has 6 nitrogen and oxygen atoms in total. The Hall–Kier alpha value is -3.80. The first-order chi connectivity index (χ1) is 16.0. The van der Waals surface area contributed by atoms with Crippen LogP contribution in [0.2, 0.25) is 0 Å². The first kappa shape index (κ1) is 22.4. The molecule has 1 aliphatic rings. The predicted molar refractivity (Wildman–Crippen MR) is 128 cm³/mol. The second-order valence-electron chi connectivity index (χ2n) is 8.00. The summed E-state index contributed by atoms with van der Waals surface area (Å²) in [5.41, 5.74) is 2.84. The van der Waals surface area contributed by atoms with E-state index in [1.54, 1.807) is 37.1 Å². The van der Waals surface area contributed by atoms with E-state index in [0.717, 1.165) is 16.9 Å². The van der Waals surface area contributed by atoms with Gasteiger partial charge in [-0.05, 0) is 48.4 Å². The van der Waals surface area contributed by atoms with E-state index in [-0.39, 0.29) is 11.8 Å². The zero-order chi connectivity index (χ0) is 23.5. The second kappa shape index (κ2) is 9.36. The molecular formula is C27H28N2O4. The Bertz CT molecular complexity index is 1160. The van der Waals surface area contributed by atoms with Crippen molar-refractivity contribution in [1.82, 2.24) is 4.90 Å². The number of methoxy groups -OCH3 is 1. The van der Waals surface area contributed by atoms with Crippen molar-refractivity contribution >= 4 is 17.5 Å². The highest BCUT2D eigenvalue weighted by Crippen LogP contribution is 2.44. The van der Waals surface area contributed by atoms with Gasteiger partial charge in [0.1, 0.15) is 11.5 Å². The van der Waals surface area contributed by atoms with Crippen molar-refractivity contribution in [3.8, 4) is 11.5 Å². The van der Waals surface area contributed by atoms with E-state index in [1.165, 1.54) is 0 Å². The summed E-state index contributed by atoms with van der Waals surface area (Å²) < 4.78 is 11.1. The molecule has 0 fully saturated rings. The summed E-state index contributed by atoms with van der Waals surface area (Å²) >= 11 is 0. The minimum atomic E-state index is -0.586. The fourth-order valence-corrected chi connectivity index (χ4v) is 4.50.